The number of carbonyl (C=O) groups excluding carboxylic acids is 1. The third-order valence-electron chi connectivity index (χ3n) is 5.09. The molecule has 1 aromatic heterocycles. The van der Waals surface area contributed by atoms with Crippen molar-refractivity contribution in [2.45, 2.75) is 36.2 Å². The Morgan fingerprint density at radius 3 is 2.61 bits per heavy atom. The predicted octanol–water partition coefficient (Wildman–Crippen LogP) is 3.12. The standard InChI is InChI=1S/C18H19NO3S/c1-22-17-7-3-11-8-12(2-6-16(11)19-17)18(20)13-9-14-4-5-15(10-13)23(14)21/h2-3,6-8,13-15H,4-5,9-10H2,1H3. The molecule has 2 atom stereocenters. The lowest BCUT2D eigenvalue weighted by molar-refractivity contribution is 0.0906. The highest BCUT2D eigenvalue weighted by molar-refractivity contribution is 7.86. The number of ketones is 1. The maximum Gasteiger partial charge on any atom is 0.213 e. The maximum atomic E-state index is 12.8. The van der Waals surface area contributed by atoms with Gasteiger partial charge in [-0.1, -0.05) is 0 Å². The number of ether oxygens (including phenoxy) is 1. The smallest absolute Gasteiger partial charge is 0.213 e. The lowest BCUT2D eigenvalue weighted by atomic mass is 9.90. The summed E-state index contributed by atoms with van der Waals surface area (Å²) in [6.07, 6.45) is 3.59. The fourth-order valence-electron chi connectivity index (χ4n) is 3.86. The highest BCUT2D eigenvalue weighted by Crippen LogP contribution is 2.40. The second-order valence-corrected chi connectivity index (χ2v) is 8.43. The highest BCUT2D eigenvalue weighted by atomic mass is 32.2. The van der Waals surface area contributed by atoms with E-state index in [9.17, 15) is 9.00 Å². The van der Waals surface area contributed by atoms with E-state index in [1.54, 1.807) is 13.2 Å². The molecule has 3 heterocycles. The zero-order chi connectivity index (χ0) is 16.0. The van der Waals surface area contributed by atoms with Crippen molar-refractivity contribution in [3.8, 4) is 5.88 Å². The van der Waals surface area contributed by atoms with Gasteiger partial charge in [-0.15, -0.1) is 0 Å². The third-order valence-corrected chi connectivity index (χ3v) is 7.26. The van der Waals surface area contributed by atoms with Crippen LogP contribution < -0.4 is 4.74 Å². The van der Waals surface area contributed by atoms with Crippen LogP contribution in [-0.2, 0) is 10.8 Å². The van der Waals surface area contributed by atoms with Gasteiger partial charge in [0.05, 0.1) is 12.6 Å². The number of carbonyl (C=O) groups is 1. The van der Waals surface area contributed by atoms with Crippen molar-refractivity contribution in [3.05, 3.63) is 35.9 Å². The fourth-order valence-corrected chi connectivity index (χ4v) is 5.98. The molecule has 0 aliphatic carbocycles. The van der Waals surface area contributed by atoms with Gasteiger partial charge < -0.3 is 4.74 Å². The van der Waals surface area contributed by atoms with Crippen LogP contribution >= 0.6 is 0 Å². The van der Waals surface area contributed by atoms with Crippen molar-refractivity contribution in [2.75, 3.05) is 7.11 Å². The monoisotopic (exact) mass is 329 g/mol. The van der Waals surface area contributed by atoms with Gasteiger partial charge in [0.2, 0.25) is 5.88 Å². The van der Waals surface area contributed by atoms with E-state index in [1.165, 1.54) is 0 Å². The molecule has 2 bridgehead atoms. The molecule has 23 heavy (non-hydrogen) atoms. The molecular formula is C18H19NO3S. The van der Waals surface area contributed by atoms with E-state index in [2.05, 4.69) is 4.98 Å². The first kappa shape index (κ1) is 14.8. The summed E-state index contributed by atoms with van der Waals surface area (Å²) in [5.41, 5.74) is 1.56. The molecule has 4 rings (SSSR count). The zero-order valence-electron chi connectivity index (χ0n) is 13.0. The summed E-state index contributed by atoms with van der Waals surface area (Å²) < 4.78 is 17.2. The molecule has 0 N–H and O–H groups in total. The van der Waals surface area contributed by atoms with Crippen LogP contribution in [0.2, 0.25) is 0 Å². The fraction of sp³-hybridized carbons (Fsp3) is 0.444. The van der Waals surface area contributed by atoms with E-state index in [1.807, 2.05) is 24.3 Å². The number of pyridine rings is 1. The molecular weight excluding hydrogens is 310 g/mol. The van der Waals surface area contributed by atoms with Gasteiger partial charge in [-0.25, -0.2) is 4.98 Å². The van der Waals surface area contributed by atoms with E-state index in [0.717, 1.165) is 42.1 Å². The Bertz CT molecular complexity index is 788. The van der Waals surface area contributed by atoms with E-state index in [0.29, 0.717) is 5.88 Å². The number of rotatable bonds is 3. The first-order valence-electron chi connectivity index (χ1n) is 8.04. The Labute approximate surface area is 137 Å². The van der Waals surface area contributed by atoms with Gasteiger partial charge in [-0.05, 0) is 49.9 Å². The van der Waals surface area contributed by atoms with Crippen LogP contribution in [0.3, 0.4) is 0 Å². The summed E-state index contributed by atoms with van der Waals surface area (Å²) in [7, 11) is 0.876. The second kappa shape index (κ2) is 5.71. The summed E-state index contributed by atoms with van der Waals surface area (Å²) in [5, 5.41) is 1.40. The van der Waals surface area contributed by atoms with Crippen molar-refractivity contribution in [1.82, 2.24) is 4.98 Å². The van der Waals surface area contributed by atoms with Crippen LogP contribution in [0.25, 0.3) is 10.9 Å². The molecule has 0 saturated carbocycles. The maximum absolute atomic E-state index is 12.8. The number of fused-ring (bicyclic) bond motifs is 3. The Balaban J connectivity index is 1.61. The number of aromatic nitrogens is 1. The molecule has 2 aliphatic heterocycles. The van der Waals surface area contributed by atoms with Gasteiger partial charge in [0.25, 0.3) is 0 Å². The van der Waals surface area contributed by atoms with Crippen LogP contribution in [0.5, 0.6) is 5.88 Å². The zero-order valence-corrected chi connectivity index (χ0v) is 13.8. The van der Waals surface area contributed by atoms with Gasteiger partial charge in [-0.2, -0.15) is 0 Å². The molecule has 120 valence electrons. The molecule has 2 fully saturated rings. The number of hydrogen-bond donors (Lipinski definition) is 0. The van der Waals surface area contributed by atoms with E-state index < -0.39 is 10.8 Å². The largest absolute Gasteiger partial charge is 0.481 e. The first-order valence-corrected chi connectivity index (χ1v) is 9.31. The van der Waals surface area contributed by atoms with Gasteiger partial charge in [-0.3, -0.25) is 9.00 Å². The molecule has 4 nitrogen and oxygen atoms in total. The quantitative estimate of drug-likeness (QED) is 0.812. The van der Waals surface area contributed by atoms with Crippen molar-refractivity contribution in [1.29, 1.82) is 0 Å². The van der Waals surface area contributed by atoms with Crippen molar-refractivity contribution >= 4 is 27.5 Å². The molecule has 2 aromatic rings. The minimum Gasteiger partial charge on any atom is -0.481 e. The number of nitrogens with zero attached hydrogens (tertiary/aromatic N) is 1. The SMILES string of the molecule is COc1ccc2cc(C(=O)C3CC4CCC(C3)S4=O)ccc2n1. The highest BCUT2D eigenvalue weighted by Gasteiger charge is 2.42. The van der Waals surface area contributed by atoms with Crippen molar-refractivity contribution in [2.24, 2.45) is 5.92 Å². The number of methoxy groups -OCH3 is 1. The Hall–Kier alpha value is -1.75. The van der Waals surface area contributed by atoms with Gasteiger partial charge in [0.15, 0.2) is 5.78 Å². The summed E-state index contributed by atoms with van der Waals surface area (Å²) in [4.78, 5) is 17.2. The molecule has 0 spiro atoms. The molecule has 2 aliphatic rings. The second-order valence-electron chi connectivity index (χ2n) is 6.44. The van der Waals surface area contributed by atoms with Crippen LogP contribution in [0.15, 0.2) is 30.3 Å². The van der Waals surface area contributed by atoms with Crippen LogP contribution in [-0.4, -0.2) is 32.6 Å². The van der Waals surface area contributed by atoms with Gasteiger partial charge in [0, 0.05) is 44.2 Å². The minimum absolute atomic E-state index is 0.0221. The summed E-state index contributed by atoms with van der Waals surface area (Å²) in [5.74, 6) is 0.785. The number of hydrogen-bond acceptors (Lipinski definition) is 4. The lowest BCUT2D eigenvalue weighted by Crippen LogP contribution is -2.32. The normalized spacial score (nSPS) is 29.6. The molecule has 0 radical (unpaired) electrons. The lowest BCUT2D eigenvalue weighted by Gasteiger charge is -2.26. The minimum atomic E-state index is -0.714. The Morgan fingerprint density at radius 2 is 1.91 bits per heavy atom. The van der Waals surface area contributed by atoms with E-state index >= 15 is 0 Å². The summed E-state index contributed by atoms with van der Waals surface area (Å²) in [6.45, 7) is 0. The predicted molar refractivity (Wildman–Crippen MR) is 90.3 cm³/mol. The van der Waals surface area contributed by atoms with Crippen LogP contribution in [0.1, 0.15) is 36.0 Å². The van der Waals surface area contributed by atoms with Gasteiger partial charge in [0.1, 0.15) is 0 Å². The topological polar surface area (TPSA) is 56.3 Å². The van der Waals surface area contributed by atoms with E-state index in [4.69, 9.17) is 4.74 Å². The summed E-state index contributed by atoms with van der Waals surface area (Å²) >= 11 is 0. The molecule has 1 aromatic carbocycles. The Kier molecular flexibility index (Phi) is 3.68. The number of Topliss-reactive ketones (excluding diaryl/α,β-unsaturated/α-hetero) is 1. The molecule has 5 heteroatoms. The number of benzene rings is 1. The Morgan fingerprint density at radius 1 is 1.17 bits per heavy atom. The van der Waals surface area contributed by atoms with Crippen LogP contribution in [0, 0.1) is 5.92 Å². The first-order chi connectivity index (χ1) is 11.2. The van der Waals surface area contributed by atoms with E-state index in [-0.39, 0.29) is 22.2 Å². The van der Waals surface area contributed by atoms with Crippen LogP contribution in [0.4, 0.5) is 0 Å². The van der Waals surface area contributed by atoms with Gasteiger partial charge >= 0.3 is 0 Å². The van der Waals surface area contributed by atoms with Crippen molar-refractivity contribution < 1.29 is 13.7 Å². The summed E-state index contributed by atoms with van der Waals surface area (Å²) in [6, 6.07) is 9.38. The third kappa shape index (κ3) is 2.57. The molecule has 0 amide bonds. The average molecular weight is 329 g/mol. The average Bonchev–Trinajstić information content (AvgIpc) is 2.80. The molecule has 2 saturated heterocycles. The van der Waals surface area contributed by atoms with Crippen molar-refractivity contribution in [3.63, 3.8) is 0 Å². The molecule has 2 unspecified atom stereocenters.